The van der Waals surface area contributed by atoms with Crippen LogP contribution in [0, 0.1) is 11.2 Å². The molecule has 1 aromatic carbocycles. The van der Waals surface area contributed by atoms with Gasteiger partial charge in [-0.1, -0.05) is 20.8 Å². The first-order valence-electron chi connectivity index (χ1n) is 12.0. The molecule has 0 aromatic heterocycles. The van der Waals surface area contributed by atoms with Crippen molar-refractivity contribution in [1.29, 1.82) is 0 Å². The molecule has 3 saturated heterocycles. The molecular weight excluding hydrogens is 441 g/mol. The Morgan fingerprint density at radius 3 is 2.41 bits per heavy atom. The molecular formula is C25H34FN3O5. The fraction of sp³-hybridized carbons (Fsp3) is 0.640. The Morgan fingerprint density at radius 2 is 1.82 bits per heavy atom. The Labute approximate surface area is 199 Å². The Hall–Kier alpha value is -2.52. The second kappa shape index (κ2) is 9.62. The van der Waals surface area contributed by atoms with Gasteiger partial charge in [-0.2, -0.15) is 0 Å². The molecule has 186 valence electrons. The molecule has 3 fully saturated rings. The van der Waals surface area contributed by atoms with Crippen molar-refractivity contribution in [3.63, 3.8) is 0 Å². The predicted octanol–water partition coefficient (Wildman–Crippen LogP) is 2.33. The van der Waals surface area contributed by atoms with Gasteiger partial charge in [0, 0.05) is 50.1 Å². The lowest BCUT2D eigenvalue weighted by atomic mass is 9.91. The van der Waals surface area contributed by atoms with Crippen LogP contribution < -0.4 is 5.32 Å². The van der Waals surface area contributed by atoms with Gasteiger partial charge in [0.05, 0.1) is 12.7 Å². The van der Waals surface area contributed by atoms with Crippen LogP contribution in [-0.2, 0) is 19.1 Å². The van der Waals surface area contributed by atoms with Gasteiger partial charge < -0.3 is 19.7 Å². The van der Waals surface area contributed by atoms with Crippen molar-refractivity contribution in [3.05, 3.63) is 35.6 Å². The zero-order valence-corrected chi connectivity index (χ0v) is 20.1. The van der Waals surface area contributed by atoms with Crippen LogP contribution >= 0.6 is 0 Å². The van der Waals surface area contributed by atoms with Crippen LogP contribution in [0.3, 0.4) is 0 Å². The van der Waals surface area contributed by atoms with Crippen molar-refractivity contribution >= 4 is 17.7 Å². The number of rotatable bonds is 4. The summed E-state index contributed by atoms with van der Waals surface area (Å²) in [6.45, 7) is 7.63. The summed E-state index contributed by atoms with van der Waals surface area (Å²) >= 11 is 0. The molecule has 3 amide bonds. The van der Waals surface area contributed by atoms with Crippen molar-refractivity contribution in [1.82, 2.24) is 15.1 Å². The molecule has 0 saturated carbocycles. The number of halogens is 1. The van der Waals surface area contributed by atoms with Gasteiger partial charge in [-0.25, -0.2) is 4.39 Å². The first-order valence-corrected chi connectivity index (χ1v) is 12.0. The number of hydrogen-bond donors (Lipinski definition) is 1. The Morgan fingerprint density at radius 1 is 1.15 bits per heavy atom. The molecule has 3 aliphatic heterocycles. The van der Waals surface area contributed by atoms with Gasteiger partial charge >= 0.3 is 0 Å². The molecule has 3 heterocycles. The van der Waals surface area contributed by atoms with Crippen LogP contribution in [0.1, 0.15) is 56.8 Å². The maximum atomic E-state index is 13.6. The molecule has 2 atom stereocenters. The number of nitrogens with one attached hydrogen (secondary N) is 1. The average Bonchev–Trinajstić information content (AvgIpc) is 3.45. The second-order valence-electron chi connectivity index (χ2n) is 10.4. The number of amides is 3. The van der Waals surface area contributed by atoms with E-state index in [2.05, 4.69) is 5.32 Å². The third-order valence-corrected chi connectivity index (χ3v) is 6.87. The van der Waals surface area contributed by atoms with E-state index >= 15 is 0 Å². The summed E-state index contributed by atoms with van der Waals surface area (Å²) in [5, 5.41) is 2.92. The number of likely N-dealkylation sites (tertiary alicyclic amines) is 1. The molecule has 34 heavy (non-hydrogen) atoms. The summed E-state index contributed by atoms with van der Waals surface area (Å²) in [7, 11) is 0. The Balaban J connectivity index is 1.54. The highest BCUT2D eigenvalue weighted by Crippen LogP contribution is 2.39. The fourth-order valence-electron chi connectivity index (χ4n) is 4.97. The normalized spacial score (nSPS) is 24.5. The SMILES string of the molecule is CC(C)(C)C(=O)N1CCC2(CC1)OCC(C(=O)NCC1CCCO1)N2C(=O)c1ccc(F)cc1. The summed E-state index contributed by atoms with van der Waals surface area (Å²) in [6, 6.07) is 4.48. The van der Waals surface area contributed by atoms with Crippen LogP contribution in [0.5, 0.6) is 0 Å². The van der Waals surface area contributed by atoms with E-state index in [9.17, 15) is 18.8 Å². The molecule has 1 spiro atoms. The second-order valence-corrected chi connectivity index (χ2v) is 10.4. The lowest BCUT2D eigenvalue weighted by molar-refractivity contribution is -0.150. The first kappa shape index (κ1) is 24.6. The summed E-state index contributed by atoms with van der Waals surface area (Å²) in [6.07, 6.45) is 2.64. The van der Waals surface area contributed by atoms with Crippen molar-refractivity contribution < 1.29 is 28.2 Å². The standard InChI is InChI=1S/C25H34FN3O5/c1-24(2,3)23(32)28-12-10-25(11-13-28)29(22(31)17-6-8-18(26)9-7-17)20(16-34-25)21(30)27-15-19-5-4-14-33-19/h6-9,19-20H,4-5,10-16H2,1-3H3,(H,27,30). The van der Waals surface area contributed by atoms with Gasteiger partial charge in [-0.15, -0.1) is 0 Å². The van der Waals surface area contributed by atoms with Crippen LogP contribution in [0.4, 0.5) is 4.39 Å². The van der Waals surface area contributed by atoms with Gasteiger partial charge in [0.25, 0.3) is 5.91 Å². The highest BCUT2D eigenvalue weighted by Gasteiger charge is 2.54. The van der Waals surface area contributed by atoms with E-state index < -0.39 is 23.0 Å². The minimum Gasteiger partial charge on any atom is -0.376 e. The van der Waals surface area contributed by atoms with E-state index in [1.807, 2.05) is 20.8 Å². The Bertz CT molecular complexity index is 915. The van der Waals surface area contributed by atoms with Gasteiger partial charge in [-0.05, 0) is 37.1 Å². The van der Waals surface area contributed by atoms with E-state index in [4.69, 9.17) is 9.47 Å². The van der Waals surface area contributed by atoms with Gasteiger partial charge in [0.15, 0.2) is 0 Å². The number of carbonyl (C=O) groups is 3. The number of piperidine rings is 1. The van der Waals surface area contributed by atoms with Crippen LogP contribution in [0.15, 0.2) is 24.3 Å². The molecule has 1 N–H and O–H groups in total. The van der Waals surface area contributed by atoms with Gasteiger partial charge in [0.1, 0.15) is 17.6 Å². The fourth-order valence-corrected chi connectivity index (χ4v) is 4.97. The first-order chi connectivity index (χ1) is 16.1. The molecule has 4 rings (SSSR count). The third kappa shape index (κ3) is 4.95. The van der Waals surface area contributed by atoms with Crippen molar-refractivity contribution in [3.8, 4) is 0 Å². The third-order valence-electron chi connectivity index (χ3n) is 6.87. The summed E-state index contributed by atoms with van der Waals surface area (Å²) < 4.78 is 25.3. The van der Waals surface area contributed by atoms with Gasteiger partial charge in [-0.3, -0.25) is 19.3 Å². The number of benzene rings is 1. The summed E-state index contributed by atoms with van der Waals surface area (Å²) in [4.78, 5) is 42.9. The van der Waals surface area contributed by atoms with Crippen molar-refractivity contribution in [2.45, 2.75) is 64.3 Å². The predicted molar refractivity (Wildman–Crippen MR) is 122 cm³/mol. The van der Waals surface area contributed by atoms with Crippen molar-refractivity contribution in [2.24, 2.45) is 5.41 Å². The number of carbonyl (C=O) groups excluding carboxylic acids is 3. The highest BCUT2D eigenvalue weighted by molar-refractivity contribution is 5.98. The van der Waals surface area contributed by atoms with Crippen LogP contribution in [0.2, 0.25) is 0 Å². The minimum absolute atomic E-state index is 0.0202. The van der Waals surface area contributed by atoms with Crippen LogP contribution in [-0.4, -0.2) is 78.2 Å². The number of nitrogens with zero attached hydrogens (tertiary/aromatic N) is 2. The molecule has 0 radical (unpaired) electrons. The monoisotopic (exact) mass is 475 g/mol. The van der Waals surface area contributed by atoms with E-state index in [1.54, 1.807) is 4.90 Å². The smallest absolute Gasteiger partial charge is 0.256 e. The molecule has 9 heteroatoms. The Kier molecular flexibility index (Phi) is 6.96. The number of hydrogen-bond acceptors (Lipinski definition) is 5. The van der Waals surface area contributed by atoms with E-state index in [0.717, 1.165) is 12.8 Å². The number of ether oxygens (including phenoxy) is 2. The topological polar surface area (TPSA) is 88.2 Å². The average molecular weight is 476 g/mol. The van der Waals surface area contributed by atoms with Gasteiger partial charge in [0.2, 0.25) is 11.8 Å². The largest absolute Gasteiger partial charge is 0.376 e. The molecule has 0 bridgehead atoms. The van der Waals surface area contributed by atoms with Crippen molar-refractivity contribution in [2.75, 3.05) is 32.8 Å². The lowest BCUT2D eigenvalue weighted by Gasteiger charge is -2.45. The maximum Gasteiger partial charge on any atom is 0.256 e. The lowest BCUT2D eigenvalue weighted by Crippen LogP contribution is -2.60. The highest BCUT2D eigenvalue weighted by atomic mass is 19.1. The molecule has 2 unspecified atom stereocenters. The molecule has 3 aliphatic rings. The van der Waals surface area contributed by atoms with Crippen LogP contribution in [0.25, 0.3) is 0 Å². The molecule has 1 aromatic rings. The summed E-state index contributed by atoms with van der Waals surface area (Å²) in [5.41, 5.74) is -1.21. The van der Waals surface area contributed by atoms with E-state index in [0.29, 0.717) is 39.1 Å². The molecule has 8 nitrogen and oxygen atoms in total. The maximum absolute atomic E-state index is 13.6. The van der Waals surface area contributed by atoms with E-state index in [1.165, 1.54) is 29.2 Å². The summed E-state index contributed by atoms with van der Waals surface area (Å²) in [5.74, 6) is -1.08. The minimum atomic E-state index is -0.994. The molecule has 0 aliphatic carbocycles. The van der Waals surface area contributed by atoms with E-state index in [-0.39, 0.29) is 36.0 Å². The zero-order valence-electron chi connectivity index (χ0n) is 20.1. The quantitative estimate of drug-likeness (QED) is 0.722. The zero-order chi connectivity index (χ0) is 24.5.